The van der Waals surface area contributed by atoms with Gasteiger partial charge in [0.2, 0.25) is 17.7 Å². The zero-order valence-electron chi connectivity index (χ0n) is 35.4. The predicted octanol–water partition coefficient (Wildman–Crippen LogP) is 3.23. The maximum Gasteiger partial charge on any atom is 0.245 e. The molecule has 0 heterocycles. The van der Waals surface area contributed by atoms with E-state index in [2.05, 4.69) is 33.3 Å². The minimum Gasteiger partial charge on any atom is -0.393 e. The summed E-state index contributed by atoms with van der Waals surface area (Å²) >= 11 is 0. The number of hydrogen-bond donors (Lipinski definition) is 7. The zero-order chi connectivity index (χ0) is 43.5. The van der Waals surface area contributed by atoms with E-state index in [1.807, 2.05) is 54.6 Å². The minimum absolute atomic E-state index is 0.00726. The predicted molar refractivity (Wildman–Crippen MR) is 226 cm³/mol. The van der Waals surface area contributed by atoms with E-state index in [1.54, 1.807) is 6.20 Å². The molecule has 0 aromatic heterocycles. The van der Waals surface area contributed by atoms with Crippen molar-refractivity contribution < 1.29 is 53.0 Å². The number of methoxy groups -OCH3 is 1. The molecule has 2 rings (SSSR count). The fourth-order valence-corrected chi connectivity index (χ4v) is 5.69. The van der Waals surface area contributed by atoms with Crippen LogP contribution in [0.4, 0.5) is 0 Å². The average Bonchev–Trinajstić information content (AvgIpc) is 3.25. The van der Waals surface area contributed by atoms with Gasteiger partial charge in [0.1, 0.15) is 12.3 Å². The molecule has 0 saturated carbocycles. The van der Waals surface area contributed by atoms with Crippen LogP contribution in [-0.4, -0.2) is 139 Å². The molecule has 0 radical (unpaired) electrons. The molecule has 0 spiro atoms. The van der Waals surface area contributed by atoms with Crippen LogP contribution in [0.3, 0.4) is 0 Å². The van der Waals surface area contributed by atoms with Crippen molar-refractivity contribution in [3.63, 3.8) is 0 Å². The number of carbonyl (C=O) groups excluding carboxylic acids is 3. The number of rotatable bonds is 37. The third-order valence-corrected chi connectivity index (χ3v) is 8.96. The monoisotopic (exact) mass is 844 g/mol. The summed E-state index contributed by atoms with van der Waals surface area (Å²) in [5.74, 6) is -0.714. The van der Waals surface area contributed by atoms with Crippen LogP contribution in [0.5, 0.6) is 0 Å². The Balaban J connectivity index is 1.54. The van der Waals surface area contributed by atoms with Gasteiger partial charge in [0.15, 0.2) is 6.29 Å². The molecule has 60 heavy (non-hydrogen) atoms. The lowest BCUT2D eigenvalue weighted by atomic mass is 10.0. The van der Waals surface area contributed by atoms with Crippen molar-refractivity contribution in [3.8, 4) is 11.1 Å². The normalized spacial score (nSPS) is 13.0. The van der Waals surface area contributed by atoms with Crippen LogP contribution in [0.15, 0.2) is 71.6 Å². The van der Waals surface area contributed by atoms with Crippen LogP contribution in [0, 0.1) is 5.53 Å². The van der Waals surface area contributed by atoms with Gasteiger partial charge in [0.25, 0.3) is 0 Å². The van der Waals surface area contributed by atoms with Crippen LogP contribution in [0.2, 0.25) is 0 Å². The molecule has 7 N–H and O–H groups in total. The maximum absolute atomic E-state index is 12.5. The molecule has 3 amide bonds. The molecule has 0 saturated heterocycles. The molecule has 2 aromatic carbocycles. The molecule has 0 bridgehead atoms. The standard InChI is InChI=1S/C43H68N6O11/c1-3-4-18-46-40(52)17-21-56-23-24-57-22-20-45-31-38(49-44)33-59-26-25-58-27-28-60-43(55-2)15-14-37(48-42(54)32-50)30-39(51)16-19-47-41(53)29-34-10-12-36(13-11-34)35-8-6-5-7-9-35/h5-13,31,37,39,43-45,50-51H,3-4,14-30,32-33H2,1-2H3,(H,46,52)(H,47,53)(H,48,54)/b38-31-,49-44?/t37-,39-,43+/m1/s1. The van der Waals surface area contributed by atoms with Crippen LogP contribution in [0.25, 0.3) is 11.1 Å². The highest BCUT2D eigenvalue weighted by atomic mass is 16.7. The second kappa shape index (κ2) is 34.4. The lowest BCUT2D eigenvalue weighted by Crippen LogP contribution is -2.40. The average molecular weight is 845 g/mol. The quantitative estimate of drug-likeness (QED) is 0.0295. The second-order valence-corrected chi connectivity index (χ2v) is 13.8. The molecule has 0 aliphatic heterocycles. The Kier molecular flexibility index (Phi) is 29.7. The van der Waals surface area contributed by atoms with E-state index >= 15 is 0 Å². The van der Waals surface area contributed by atoms with E-state index in [4.69, 9.17) is 34.0 Å². The van der Waals surface area contributed by atoms with Crippen LogP contribution in [0.1, 0.15) is 57.4 Å². The van der Waals surface area contributed by atoms with E-state index in [0.717, 1.165) is 29.5 Å². The Labute approximate surface area is 354 Å². The smallest absolute Gasteiger partial charge is 0.245 e. The molecular formula is C43H68N6O11. The summed E-state index contributed by atoms with van der Waals surface area (Å²) in [6.07, 6.45) is 4.09. The highest BCUT2D eigenvalue weighted by molar-refractivity contribution is 5.79. The van der Waals surface area contributed by atoms with Gasteiger partial charge in [-0.1, -0.05) is 67.9 Å². The van der Waals surface area contributed by atoms with Crippen LogP contribution in [-0.2, 0) is 49.2 Å². The largest absolute Gasteiger partial charge is 0.393 e. The van der Waals surface area contributed by atoms with Crippen molar-refractivity contribution in [3.05, 3.63) is 72.1 Å². The van der Waals surface area contributed by atoms with Gasteiger partial charge in [-0.15, -0.1) is 0 Å². The maximum atomic E-state index is 12.5. The number of aliphatic hydroxyl groups excluding tert-OH is 2. The first-order valence-corrected chi connectivity index (χ1v) is 20.8. The molecule has 0 aliphatic rings. The Morgan fingerprint density at radius 3 is 2.13 bits per heavy atom. The summed E-state index contributed by atoms with van der Waals surface area (Å²) in [5.41, 5.74) is 10.8. The molecule has 2 aromatic rings. The molecule has 3 atom stereocenters. The number of carbonyl (C=O) groups is 3. The Morgan fingerprint density at radius 1 is 0.767 bits per heavy atom. The first-order valence-electron chi connectivity index (χ1n) is 20.8. The lowest BCUT2D eigenvalue weighted by Gasteiger charge is -2.24. The summed E-state index contributed by atoms with van der Waals surface area (Å²) in [7, 11) is 1.51. The summed E-state index contributed by atoms with van der Waals surface area (Å²) in [6, 6.07) is 17.4. The molecule has 0 unspecified atom stereocenters. The first-order chi connectivity index (χ1) is 29.3. The highest BCUT2D eigenvalue weighted by Gasteiger charge is 2.20. The SMILES string of the molecule is CCCCNC(=O)CCOCCOCCN/C=C(/COCCOCCO[C@@H](CC[C@H](C[C@H](O)CCNC(=O)Cc1ccc(-c2ccccc2)cc1)NC(=O)CO)OC)N=N. The minimum atomic E-state index is -0.806. The second-order valence-electron chi connectivity index (χ2n) is 13.8. The Hall–Kier alpha value is -4.33. The van der Waals surface area contributed by atoms with Gasteiger partial charge in [-0.05, 0) is 42.4 Å². The Morgan fingerprint density at radius 2 is 1.43 bits per heavy atom. The van der Waals surface area contributed by atoms with Crippen LogP contribution >= 0.6 is 0 Å². The van der Waals surface area contributed by atoms with E-state index < -0.39 is 30.9 Å². The summed E-state index contributed by atoms with van der Waals surface area (Å²) in [5, 5.41) is 34.9. The van der Waals surface area contributed by atoms with E-state index in [1.165, 1.54) is 7.11 Å². The number of amides is 3. The topological polar surface area (TPSA) is 231 Å². The van der Waals surface area contributed by atoms with Gasteiger partial charge >= 0.3 is 0 Å². The number of benzene rings is 2. The fraction of sp³-hybridized carbons (Fsp3) is 0.605. The van der Waals surface area contributed by atoms with Gasteiger partial charge in [-0.25, -0.2) is 5.53 Å². The molecular weight excluding hydrogens is 777 g/mol. The zero-order valence-corrected chi connectivity index (χ0v) is 35.4. The first kappa shape index (κ1) is 51.8. The number of aliphatic hydroxyl groups is 2. The number of nitrogens with zero attached hydrogens (tertiary/aromatic N) is 1. The van der Waals surface area contributed by atoms with E-state index in [9.17, 15) is 24.6 Å². The molecule has 17 heteroatoms. The summed E-state index contributed by atoms with van der Waals surface area (Å²) < 4.78 is 33.3. The van der Waals surface area contributed by atoms with Gasteiger partial charge in [-0.2, -0.15) is 5.11 Å². The van der Waals surface area contributed by atoms with E-state index in [0.29, 0.717) is 77.5 Å². The van der Waals surface area contributed by atoms with Gasteiger partial charge < -0.3 is 59.9 Å². The third-order valence-electron chi connectivity index (χ3n) is 8.96. The van der Waals surface area contributed by atoms with Crippen molar-refractivity contribution in [1.82, 2.24) is 21.3 Å². The fourth-order valence-electron chi connectivity index (χ4n) is 5.69. The van der Waals surface area contributed by atoms with Crippen molar-refractivity contribution in [2.75, 3.05) is 92.8 Å². The highest BCUT2D eigenvalue weighted by Crippen LogP contribution is 2.19. The summed E-state index contributed by atoms with van der Waals surface area (Å²) in [4.78, 5) is 36.2. The van der Waals surface area contributed by atoms with Gasteiger partial charge in [0.05, 0.1) is 72.0 Å². The van der Waals surface area contributed by atoms with Crippen molar-refractivity contribution >= 4 is 17.7 Å². The number of hydrogen-bond acceptors (Lipinski definition) is 14. The third kappa shape index (κ3) is 26.0. The van der Waals surface area contributed by atoms with E-state index in [-0.39, 0.29) is 57.6 Å². The van der Waals surface area contributed by atoms with Crippen molar-refractivity contribution in [2.24, 2.45) is 5.11 Å². The van der Waals surface area contributed by atoms with Crippen molar-refractivity contribution in [1.29, 1.82) is 5.53 Å². The Bertz CT molecular complexity index is 1470. The molecule has 17 nitrogen and oxygen atoms in total. The molecule has 0 fully saturated rings. The lowest BCUT2D eigenvalue weighted by molar-refractivity contribution is -0.140. The van der Waals surface area contributed by atoms with Gasteiger partial charge in [0, 0.05) is 51.8 Å². The number of ether oxygens (including phenoxy) is 6. The number of nitrogens with one attached hydrogen (secondary N) is 5. The summed E-state index contributed by atoms with van der Waals surface area (Å²) in [6.45, 7) is 5.71. The van der Waals surface area contributed by atoms with Gasteiger partial charge in [-0.3, -0.25) is 14.4 Å². The molecule has 336 valence electrons. The number of unbranched alkanes of at least 4 members (excludes halogenated alkanes) is 1. The molecule has 0 aliphatic carbocycles. The van der Waals surface area contributed by atoms with Crippen LogP contribution < -0.4 is 21.3 Å². The van der Waals surface area contributed by atoms with Crippen molar-refractivity contribution in [2.45, 2.75) is 76.7 Å².